The molecule has 5 heteroatoms. The SMILES string of the molecule is CCCn1c(=O)c(C(C)C)c(O)c2c1ncn2C. The van der Waals surface area contributed by atoms with E-state index in [-0.39, 0.29) is 17.2 Å². The van der Waals surface area contributed by atoms with E-state index in [1.54, 1.807) is 15.5 Å². The minimum atomic E-state index is -0.129. The summed E-state index contributed by atoms with van der Waals surface area (Å²) in [7, 11) is 1.82. The van der Waals surface area contributed by atoms with Crippen LogP contribution in [-0.2, 0) is 13.6 Å². The molecule has 5 nitrogen and oxygen atoms in total. The lowest BCUT2D eigenvalue weighted by atomic mass is 10.0. The van der Waals surface area contributed by atoms with E-state index in [9.17, 15) is 9.90 Å². The molecular formula is C13H19N3O2. The van der Waals surface area contributed by atoms with Crippen LogP contribution in [-0.4, -0.2) is 19.2 Å². The van der Waals surface area contributed by atoms with Gasteiger partial charge in [-0.1, -0.05) is 20.8 Å². The van der Waals surface area contributed by atoms with Gasteiger partial charge >= 0.3 is 0 Å². The lowest BCUT2D eigenvalue weighted by Gasteiger charge is -2.13. The summed E-state index contributed by atoms with van der Waals surface area (Å²) < 4.78 is 3.41. The molecule has 0 unspecified atom stereocenters. The first kappa shape index (κ1) is 12.7. The number of nitrogens with zero attached hydrogens (tertiary/aromatic N) is 3. The van der Waals surface area contributed by atoms with Gasteiger partial charge in [0, 0.05) is 13.6 Å². The van der Waals surface area contributed by atoms with Gasteiger partial charge in [-0.25, -0.2) is 4.98 Å². The zero-order valence-electron chi connectivity index (χ0n) is 11.3. The largest absolute Gasteiger partial charge is 0.505 e. The molecule has 0 aliphatic rings. The van der Waals surface area contributed by atoms with Crippen molar-refractivity contribution in [2.24, 2.45) is 7.05 Å². The molecule has 1 N–H and O–H groups in total. The maximum Gasteiger partial charge on any atom is 0.259 e. The highest BCUT2D eigenvalue weighted by molar-refractivity contribution is 5.80. The first-order valence-electron chi connectivity index (χ1n) is 6.25. The van der Waals surface area contributed by atoms with Crippen LogP contribution in [0.4, 0.5) is 0 Å². The summed E-state index contributed by atoms with van der Waals surface area (Å²) in [5.74, 6) is 0.0530. The highest BCUT2D eigenvalue weighted by atomic mass is 16.3. The van der Waals surface area contributed by atoms with Crippen molar-refractivity contribution in [1.82, 2.24) is 14.1 Å². The first-order chi connectivity index (χ1) is 8.49. The van der Waals surface area contributed by atoms with Crippen LogP contribution in [0.25, 0.3) is 11.2 Å². The lowest BCUT2D eigenvalue weighted by molar-refractivity contribution is 0.463. The molecule has 0 saturated carbocycles. The van der Waals surface area contributed by atoms with Crippen LogP contribution in [0.1, 0.15) is 38.7 Å². The highest BCUT2D eigenvalue weighted by Gasteiger charge is 2.20. The van der Waals surface area contributed by atoms with Gasteiger partial charge in [0.1, 0.15) is 5.52 Å². The number of pyridine rings is 1. The Hall–Kier alpha value is -1.78. The molecule has 0 saturated heterocycles. The van der Waals surface area contributed by atoms with Crippen LogP contribution < -0.4 is 5.56 Å². The quantitative estimate of drug-likeness (QED) is 0.904. The molecule has 98 valence electrons. The smallest absolute Gasteiger partial charge is 0.259 e. The fourth-order valence-corrected chi connectivity index (χ4v) is 2.31. The van der Waals surface area contributed by atoms with E-state index in [0.29, 0.717) is 23.3 Å². The average Bonchev–Trinajstić information content (AvgIpc) is 2.66. The Morgan fingerprint density at radius 2 is 2.11 bits per heavy atom. The molecule has 0 aliphatic heterocycles. The Morgan fingerprint density at radius 3 is 2.67 bits per heavy atom. The van der Waals surface area contributed by atoms with E-state index in [2.05, 4.69) is 4.98 Å². The third-order valence-electron chi connectivity index (χ3n) is 3.15. The molecule has 0 spiro atoms. The third-order valence-corrected chi connectivity index (χ3v) is 3.15. The van der Waals surface area contributed by atoms with Gasteiger partial charge < -0.3 is 9.67 Å². The maximum absolute atomic E-state index is 12.4. The summed E-state index contributed by atoms with van der Waals surface area (Å²) in [4.78, 5) is 16.6. The van der Waals surface area contributed by atoms with Gasteiger partial charge in [0.2, 0.25) is 0 Å². The van der Waals surface area contributed by atoms with Gasteiger partial charge in [-0.05, 0) is 12.3 Å². The Labute approximate surface area is 106 Å². The predicted molar refractivity (Wildman–Crippen MR) is 71.0 cm³/mol. The Kier molecular flexibility index (Phi) is 3.15. The molecule has 0 bridgehead atoms. The van der Waals surface area contributed by atoms with E-state index < -0.39 is 0 Å². The number of aryl methyl sites for hydroxylation is 2. The fraction of sp³-hybridized carbons (Fsp3) is 0.538. The number of rotatable bonds is 3. The average molecular weight is 249 g/mol. The Bertz CT molecular complexity index is 638. The lowest BCUT2D eigenvalue weighted by Crippen LogP contribution is -2.25. The van der Waals surface area contributed by atoms with Crippen molar-refractivity contribution in [3.8, 4) is 5.75 Å². The topological polar surface area (TPSA) is 60.1 Å². The van der Waals surface area contributed by atoms with Crippen molar-refractivity contribution in [1.29, 1.82) is 0 Å². The zero-order chi connectivity index (χ0) is 13.4. The van der Waals surface area contributed by atoms with Gasteiger partial charge in [0.05, 0.1) is 11.9 Å². The molecule has 0 aliphatic carbocycles. The third kappa shape index (κ3) is 1.70. The highest BCUT2D eigenvalue weighted by Crippen LogP contribution is 2.29. The minimum Gasteiger partial charge on any atom is -0.505 e. The van der Waals surface area contributed by atoms with E-state index in [1.807, 2.05) is 27.8 Å². The number of hydrogen-bond donors (Lipinski definition) is 1. The molecule has 0 fully saturated rings. The summed E-state index contributed by atoms with van der Waals surface area (Å²) in [6, 6.07) is 0. The van der Waals surface area contributed by atoms with Crippen molar-refractivity contribution in [2.75, 3.05) is 0 Å². The van der Waals surface area contributed by atoms with Gasteiger partial charge in [0.15, 0.2) is 11.4 Å². The molecular weight excluding hydrogens is 230 g/mol. The van der Waals surface area contributed by atoms with Gasteiger partial charge in [-0.15, -0.1) is 0 Å². The Balaban J connectivity index is 2.94. The monoisotopic (exact) mass is 249 g/mol. The van der Waals surface area contributed by atoms with Crippen molar-refractivity contribution in [3.05, 3.63) is 22.2 Å². The second-order valence-electron chi connectivity index (χ2n) is 4.90. The molecule has 2 rings (SSSR count). The van der Waals surface area contributed by atoms with E-state index in [4.69, 9.17) is 0 Å². The van der Waals surface area contributed by atoms with Gasteiger partial charge in [-0.2, -0.15) is 0 Å². The van der Waals surface area contributed by atoms with Crippen LogP contribution in [0.5, 0.6) is 5.75 Å². The standard InChI is InChI=1S/C13H19N3O2/c1-5-6-16-12-10(15(4)7-14-12)11(17)9(8(2)3)13(16)18/h7-8,17H,5-6H2,1-4H3. The van der Waals surface area contributed by atoms with E-state index >= 15 is 0 Å². The fourth-order valence-electron chi connectivity index (χ4n) is 2.31. The van der Waals surface area contributed by atoms with Gasteiger partial charge in [0.25, 0.3) is 5.56 Å². The summed E-state index contributed by atoms with van der Waals surface area (Å²) in [5.41, 5.74) is 1.54. The number of aromatic nitrogens is 3. The summed E-state index contributed by atoms with van der Waals surface area (Å²) in [6.45, 7) is 6.46. The second-order valence-corrected chi connectivity index (χ2v) is 4.90. The van der Waals surface area contributed by atoms with Crippen molar-refractivity contribution in [2.45, 2.75) is 39.7 Å². The van der Waals surface area contributed by atoms with Crippen molar-refractivity contribution in [3.63, 3.8) is 0 Å². The number of fused-ring (bicyclic) bond motifs is 1. The summed E-state index contributed by atoms with van der Waals surface area (Å²) >= 11 is 0. The molecule has 0 radical (unpaired) electrons. The number of imidazole rings is 1. The Morgan fingerprint density at radius 1 is 1.44 bits per heavy atom. The molecule has 0 aromatic carbocycles. The minimum absolute atomic E-state index is 0.0140. The molecule has 2 heterocycles. The number of aromatic hydroxyl groups is 1. The summed E-state index contributed by atoms with van der Waals surface area (Å²) in [6.07, 6.45) is 2.48. The second kappa shape index (κ2) is 4.48. The van der Waals surface area contributed by atoms with Crippen molar-refractivity contribution < 1.29 is 5.11 Å². The van der Waals surface area contributed by atoms with Crippen molar-refractivity contribution >= 4 is 11.2 Å². The normalized spacial score (nSPS) is 11.6. The molecule has 2 aromatic heterocycles. The van der Waals surface area contributed by atoms with E-state index in [1.165, 1.54) is 0 Å². The molecule has 18 heavy (non-hydrogen) atoms. The molecule has 2 aromatic rings. The van der Waals surface area contributed by atoms with Crippen LogP contribution in [0.15, 0.2) is 11.1 Å². The zero-order valence-corrected chi connectivity index (χ0v) is 11.3. The summed E-state index contributed by atoms with van der Waals surface area (Å²) in [5, 5.41) is 10.3. The molecule has 0 amide bonds. The van der Waals surface area contributed by atoms with Crippen LogP contribution >= 0.6 is 0 Å². The van der Waals surface area contributed by atoms with Crippen LogP contribution in [0.2, 0.25) is 0 Å². The first-order valence-corrected chi connectivity index (χ1v) is 6.25. The maximum atomic E-state index is 12.4. The van der Waals surface area contributed by atoms with Crippen LogP contribution in [0.3, 0.4) is 0 Å². The van der Waals surface area contributed by atoms with Gasteiger partial charge in [-0.3, -0.25) is 9.36 Å². The molecule has 0 atom stereocenters. The predicted octanol–water partition coefficient (Wildman–Crippen LogP) is 1.97. The number of hydrogen-bond acceptors (Lipinski definition) is 3. The van der Waals surface area contributed by atoms with E-state index in [0.717, 1.165) is 6.42 Å². The van der Waals surface area contributed by atoms with Crippen LogP contribution in [0, 0.1) is 0 Å².